The standard InChI is InChI=1S/C84H84N18O11/c85-75-71-73(92-101(77(71)89-46-88-75)54-28-31-94(32-29-54)39-47-25-33-97(41-47)55-10-18-62-64(37-55)83(110)99(81(62)108)67-20-22-69(103)90-79(67)106)51-6-14-59(15-7-51)112-58-12-4-49(5-13-58)53-2-1-3-61(36-53)113-60-16-8-52(9-17-60)74-72(76(86)105)78-87-30-24-66(102(78)93-74)50-26-34-96(35-27-50)57-44-95(45-57)40-48-42-98(43-48)56-11-19-63-65(38-56)84(111)100(82(63)109)68-21-23-70(104)91-80(68)107/h1-19,36-38,46-48,50,54,57,66-68,87H,20-35,39-45H2,(H2,86,105)(H2,85,88,89)(H,90,103,106)(H,91,104,107)/t47?,66-,67?,68?/m0/s1. The summed E-state index contributed by atoms with van der Waals surface area (Å²) in [6, 6.07) is 40.6. The molecule has 3 unspecified atom stereocenters. The highest BCUT2D eigenvalue weighted by atomic mass is 16.5. The van der Waals surface area contributed by atoms with E-state index in [0.717, 1.165) is 167 Å². The molecule has 19 rings (SSSR count). The maximum absolute atomic E-state index is 13.6. The van der Waals surface area contributed by atoms with Gasteiger partial charge in [0, 0.05) is 119 Å². The van der Waals surface area contributed by atoms with Gasteiger partial charge in [-0.15, -0.1) is 0 Å². The highest BCUT2D eigenvalue weighted by Gasteiger charge is 2.48. The number of hydrogen-bond donors (Lipinski definition) is 5. The number of benzene rings is 6. The molecule has 0 bridgehead atoms. The quantitative estimate of drug-likeness (QED) is 0.0477. The zero-order valence-corrected chi connectivity index (χ0v) is 62.1. The van der Waals surface area contributed by atoms with Crippen molar-refractivity contribution in [2.45, 2.75) is 94.4 Å². The predicted molar refractivity (Wildman–Crippen MR) is 417 cm³/mol. The Morgan fingerprint density at radius 3 is 1.65 bits per heavy atom. The first kappa shape index (κ1) is 71.1. The number of aromatic nitrogens is 6. The number of fused-ring (bicyclic) bond motifs is 4. The van der Waals surface area contributed by atoms with Crippen LogP contribution in [-0.4, -0.2) is 210 Å². The monoisotopic (exact) mass is 1520 g/mol. The van der Waals surface area contributed by atoms with E-state index in [4.69, 9.17) is 36.1 Å². The third kappa shape index (κ3) is 13.2. The molecule has 113 heavy (non-hydrogen) atoms. The van der Waals surface area contributed by atoms with Gasteiger partial charge in [-0.3, -0.25) is 73.4 Å². The SMILES string of the molecule is NC(=O)c1c(-c2ccc(Oc3cccc(-c4ccc(Oc5ccc(-c6nn(C7CCN(CC8CCN(c9ccc%10c(c9)C(=O)N(C9CCC(=O)NC9=O)C%10=O)C8)CC7)c7ncnc(N)c67)cc5)cc4)c3)cc2)nn2c1NCC[C@H]2C1CCN(C2CN(CC3CN(c4ccc5c(c4)C(=O)N(C4CCC(=O)NC4=O)C5=O)C3)C2)CC1. The molecule has 6 aromatic carbocycles. The average molecular weight is 1520 g/mol. The summed E-state index contributed by atoms with van der Waals surface area (Å²) < 4.78 is 16.9. The number of carbonyl (C=O) groups is 9. The van der Waals surface area contributed by atoms with Crippen molar-refractivity contribution < 1.29 is 52.6 Å². The molecule has 3 aromatic heterocycles. The van der Waals surface area contributed by atoms with Gasteiger partial charge in [-0.2, -0.15) is 10.2 Å². The summed E-state index contributed by atoms with van der Waals surface area (Å²) in [5.41, 5.74) is 21.5. The predicted octanol–water partition coefficient (Wildman–Crippen LogP) is 8.14. The average Bonchev–Trinajstić information content (AvgIpc) is 1.64. The lowest BCUT2D eigenvalue weighted by molar-refractivity contribution is -0.137. The van der Waals surface area contributed by atoms with Crippen LogP contribution < -0.4 is 46.7 Å². The highest BCUT2D eigenvalue weighted by molar-refractivity contribution is 6.25. The maximum atomic E-state index is 13.6. The summed E-state index contributed by atoms with van der Waals surface area (Å²) >= 11 is 0. The van der Waals surface area contributed by atoms with Gasteiger partial charge in [0.15, 0.2) is 5.65 Å². The summed E-state index contributed by atoms with van der Waals surface area (Å²) in [4.78, 5) is 139. The number of carbonyl (C=O) groups excluding carboxylic acids is 9. The molecule has 10 aliphatic rings. The third-order valence-electron chi connectivity index (χ3n) is 24.8. The molecule has 0 saturated carbocycles. The molecular weight excluding hydrogens is 1440 g/mol. The van der Waals surface area contributed by atoms with E-state index >= 15 is 0 Å². The third-order valence-corrected chi connectivity index (χ3v) is 24.8. The van der Waals surface area contributed by atoms with Crippen LogP contribution in [0.2, 0.25) is 0 Å². The lowest BCUT2D eigenvalue weighted by atomic mass is 9.85. The van der Waals surface area contributed by atoms with Gasteiger partial charge in [-0.1, -0.05) is 24.3 Å². The van der Waals surface area contributed by atoms with Crippen molar-refractivity contribution in [3.63, 3.8) is 0 Å². The number of primary amides is 1. The Kier molecular flexibility index (Phi) is 18.1. The number of nitrogens with zero attached hydrogens (tertiary/aromatic N) is 13. The second-order valence-electron chi connectivity index (χ2n) is 31.7. The van der Waals surface area contributed by atoms with Crippen molar-refractivity contribution in [1.82, 2.24) is 64.7 Å². The number of hydrogen-bond acceptors (Lipinski definition) is 22. The number of amides is 9. The molecule has 0 spiro atoms. The lowest BCUT2D eigenvalue weighted by Crippen LogP contribution is -2.63. The van der Waals surface area contributed by atoms with Crippen LogP contribution in [0.3, 0.4) is 0 Å². The van der Waals surface area contributed by atoms with Crippen LogP contribution in [-0.2, 0) is 19.2 Å². The van der Waals surface area contributed by atoms with E-state index in [2.05, 4.69) is 45.4 Å². The summed E-state index contributed by atoms with van der Waals surface area (Å²) in [5.74, 6) is 0.318. The van der Waals surface area contributed by atoms with E-state index in [1.165, 1.54) is 6.33 Å². The van der Waals surface area contributed by atoms with Crippen LogP contribution in [0.15, 0.2) is 140 Å². The van der Waals surface area contributed by atoms with Crippen LogP contribution in [0, 0.1) is 17.8 Å². The number of likely N-dealkylation sites (tertiary alicyclic amines) is 3. The molecule has 29 heteroatoms. The number of piperidine rings is 4. The molecule has 7 fully saturated rings. The number of ether oxygens (including phenoxy) is 2. The minimum absolute atomic E-state index is 0.0703. The zero-order valence-electron chi connectivity index (χ0n) is 62.1. The first-order chi connectivity index (χ1) is 54.9. The van der Waals surface area contributed by atoms with E-state index in [1.54, 1.807) is 24.3 Å². The Morgan fingerprint density at radius 2 is 1.04 bits per heavy atom. The molecule has 10 aliphatic heterocycles. The second-order valence-corrected chi connectivity index (χ2v) is 31.7. The van der Waals surface area contributed by atoms with E-state index in [9.17, 15) is 43.2 Å². The first-order valence-corrected chi connectivity index (χ1v) is 39.3. The van der Waals surface area contributed by atoms with Crippen LogP contribution in [0.5, 0.6) is 23.0 Å². The second kappa shape index (κ2) is 28.8. The molecule has 7 saturated heterocycles. The van der Waals surface area contributed by atoms with E-state index in [0.29, 0.717) is 92.0 Å². The van der Waals surface area contributed by atoms with Gasteiger partial charge in [0.1, 0.15) is 70.0 Å². The fourth-order valence-corrected chi connectivity index (χ4v) is 18.8. The minimum atomic E-state index is -1.00. The van der Waals surface area contributed by atoms with Gasteiger partial charge in [-0.25, -0.2) is 19.3 Å². The molecule has 0 aliphatic carbocycles. The van der Waals surface area contributed by atoms with Crippen LogP contribution in [0.4, 0.5) is 23.0 Å². The van der Waals surface area contributed by atoms with E-state index in [-0.39, 0.29) is 54.5 Å². The van der Waals surface area contributed by atoms with Crippen LogP contribution >= 0.6 is 0 Å². The molecule has 7 N–H and O–H groups in total. The van der Waals surface area contributed by atoms with Crippen LogP contribution in [0.25, 0.3) is 44.7 Å². The van der Waals surface area contributed by atoms with Crippen molar-refractivity contribution in [3.8, 4) is 56.6 Å². The first-order valence-electron chi connectivity index (χ1n) is 39.3. The van der Waals surface area contributed by atoms with Gasteiger partial charge in [-0.05, 0) is 197 Å². The number of nitrogen functional groups attached to an aromatic ring is 1. The zero-order chi connectivity index (χ0) is 77.0. The maximum Gasteiger partial charge on any atom is 0.262 e. The molecule has 9 aromatic rings. The van der Waals surface area contributed by atoms with Crippen molar-refractivity contribution >= 4 is 87.2 Å². The number of rotatable bonds is 19. The Hall–Kier alpha value is -12.2. The summed E-state index contributed by atoms with van der Waals surface area (Å²) in [5, 5.41) is 19.1. The van der Waals surface area contributed by atoms with Crippen molar-refractivity contribution in [3.05, 3.63) is 168 Å². The largest absolute Gasteiger partial charge is 0.457 e. The normalized spacial score (nSPS) is 22.2. The Balaban J connectivity index is 0.433. The Labute approximate surface area is 649 Å². The van der Waals surface area contributed by atoms with Gasteiger partial charge < -0.3 is 41.0 Å². The molecule has 4 atom stereocenters. The molecule has 576 valence electrons. The Bertz CT molecular complexity index is 5390. The molecule has 0 radical (unpaired) electrons. The van der Waals surface area contributed by atoms with Gasteiger partial charge in [0.25, 0.3) is 29.5 Å². The Morgan fingerprint density at radius 1 is 0.487 bits per heavy atom. The fourth-order valence-electron chi connectivity index (χ4n) is 18.8. The number of imide groups is 4. The van der Waals surface area contributed by atoms with Gasteiger partial charge in [0.2, 0.25) is 23.6 Å². The fraction of sp³-hybridized carbons (Fsp3) is 0.369. The molecule has 29 nitrogen and oxygen atoms in total. The summed E-state index contributed by atoms with van der Waals surface area (Å²) in [6.45, 7) is 11.8. The molecule has 9 amide bonds. The van der Waals surface area contributed by atoms with Crippen LogP contribution in [0.1, 0.15) is 128 Å². The van der Waals surface area contributed by atoms with Crippen molar-refractivity contribution in [1.29, 1.82) is 0 Å². The summed E-state index contributed by atoms with van der Waals surface area (Å²) in [7, 11) is 0. The molecule has 13 heterocycles. The van der Waals surface area contributed by atoms with Crippen molar-refractivity contribution in [2.24, 2.45) is 23.5 Å². The van der Waals surface area contributed by atoms with Gasteiger partial charge in [0.05, 0.1) is 39.7 Å². The summed E-state index contributed by atoms with van der Waals surface area (Å²) in [6.07, 6.45) is 7.55. The van der Waals surface area contributed by atoms with E-state index < -0.39 is 65.2 Å². The lowest BCUT2D eigenvalue weighted by Gasteiger charge is -2.51. The highest BCUT2D eigenvalue weighted by Crippen LogP contribution is 2.44. The number of anilines is 4. The van der Waals surface area contributed by atoms with Gasteiger partial charge >= 0.3 is 0 Å². The number of nitrogens with two attached hydrogens (primary N) is 2. The smallest absolute Gasteiger partial charge is 0.262 e. The van der Waals surface area contributed by atoms with E-state index in [1.807, 2.05) is 119 Å². The topological polar surface area (TPSA) is 344 Å². The number of nitrogens with one attached hydrogen (secondary N) is 3. The molecular formula is C84H84N18O11. The van der Waals surface area contributed by atoms with Crippen molar-refractivity contribution in [2.75, 3.05) is 106 Å². The minimum Gasteiger partial charge on any atom is -0.457 e.